The lowest BCUT2D eigenvalue weighted by atomic mass is 10.1. The molecule has 1 aliphatic rings. The molecule has 1 heterocycles. The first kappa shape index (κ1) is 9.98. The minimum atomic E-state index is 0.0707. The number of methoxy groups -OCH3 is 1. The van der Waals surface area contributed by atoms with Crippen molar-refractivity contribution >= 4 is 11.6 Å². The van der Waals surface area contributed by atoms with E-state index in [-0.39, 0.29) is 5.91 Å². The number of carbonyl (C=O) groups excluding carboxylic acids is 1. The molecule has 0 saturated heterocycles. The first-order valence-electron chi connectivity index (χ1n) is 4.94. The number of rotatable bonds is 3. The Morgan fingerprint density at radius 3 is 3.07 bits per heavy atom. The van der Waals surface area contributed by atoms with Gasteiger partial charge in [-0.05, 0) is 12.1 Å². The zero-order chi connectivity index (χ0) is 10.7. The van der Waals surface area contributed by atoms with Crippen LogP contribution in [0.3, 0.4) is 0 Å². The molecule has 4 heteroatoms. The molecule has 0 bridgehead atoms. The third-order valence-corrected chi connectivity index (χ3v) is 2.47. The van der Waals surface area contributed by atoms with Gasteiger partial charge in [0.1, 0.15) is 0 Å². The van der Waals surface area contributed by atoms with Gasteiger partial charge in [0.25, 0.3) is 5.91 Å². The SMILES string of the molecule is COCCN1CNc2ccccc2C1=O. The molecule has 1 N–H and O–H groups in total. The number of nitrogens with zero attached hydrogens (tertiary/aromatic N) is 1. The molecule has 0 unspecified atom stereocenters. The molecule has 15 heavy (non-hydrogen) atoms. The van der Waals surface area contributed by atoms with Crippen LogP contribution in [0.25, 0.3) is 0 Å². The standard InChI is InChI=1S/C11H14N2O2/c1-15-7-6-13-8-12-10-5-3-2-4-9(10)11(13)14/h2-5,12H,6-8H2,1H3. The summed E-state index contributed by atoms with van der Waals surface area (Å²) in [7, 11) is 1.63. The van der Waals surface area contributed by atoms with Crippen LogP contribution in [0.5, 0.6) is 0 Å². The van der Waals surface area contributed by atoms with Crippen molar-refractivity contribution in [3.63, 3.8) is 0 Å². The summed E-state index contributed by atoms with van der Waals surface area (Å²) in [5.74, 6) is 0.0707. The summed E-state index contributed by atoms with van der Waals surface area (Å²) in [4.78, 5) is 13.7. The van der Waals surface area contributed by atoms with E-state index >= 15 is 0 Å². The number of benzene rings is 1. The van der Waals surface area contributed by atoms with Gasteiger partial charge in [-0.3, -0.25) is 4.79 Å². The average molecular weight is 206 g/mol. The molecule has 1 aromatic carbocycles. The van der Waals surface area contributed by atoms with E-state index in [1.807, 2.05) is 24.3 Å². The molecule has 1 aromatic rings. The van der Waals surface area contributed by atoms with Crippen LogP contribution in [0, 0.1) is 0 Å². The third kappa shape index (κ3) is 1.94. The van der Waals surface area contributed by atoms with Crippen molar-refractivity contribution in [2.75, 3.05) is 32.2 Å². The minimum absolute atomic E-state index is 0.0707. The van der Waals surface area contributed by atoms with Gasteiger partial charge in [0.15, 0.2) is 0 Å². The predicted octanol–water partition coefficient (Wildman–Crippen LogP) is 1.16. The Morgan fingerprint density at radius 2 is 2.27 bits per heavy atom. The van der Waals surface area contributed by atoms with Gasteiger partial charge in [-0.1, -0.05) is 12.1 Å². The van der Waals surface area contributed by atoms with Gasteiger partial charge in [-0.25, -0.2) is 0 Å². The van der Waals surface area contributed by atoms with E-state index in [9.17, 15) is 4.79 Å². The molecule has 0 atom stereocenters. The van der Waals surface area contributed by atoms with E-state index in [0.29, 0.717) is 19.8 Å². The predicted molar refractivity (Wildman–Crippen MR) is 57.8 cm³/mol. The Bertz CT molecular complexity index is 365. The number of amides is 1. The number of hydrogen-bond donors (Lipinski definition) is 1. The highest BCUT2D eigenvalue weighted by Crippen LogP contribution is 2.20. The van der Waals surface area contributed by atoms with Crippen molar-refractivity contribution in [2.24, 2.45) is 0 Å². The van der Waals surface area contributed by atoms with Crippen LogP contribution in [-0.4, -0.2) is 37.7 Å². The second-order valence-corrected chi connectivity index (χ2v) is 3.44. The van der Waals surface area contributed by atoms with E-state index in [2.05, 4.69) is 5.32 Å². The van der Waals surface area contributed by atoms with Crippen LogP contribution in [0.1, 0.15) is 10.4 Å². The van der Waals surface area contributed by atoms with Crippen molar-refractivity contribution in [3.8, 4) is 0 Å². The number of ether oxygens (including phenoxy) is 1. The molecule has 0 radical (unpaired) electrons. The lowest BCUT2D eigenvalue weighted by Crippen LogP contribution is -2.41. The Kier molecular flexibility index (Phi) is 2.87. The summed E-state index contributed by atoms with van der Waals surface area (Å²) in [6.45, 7) is 1.74. The maximum atomic E-state index is 12.0. The van der Waals surface area contributed by atoms with E-state index < -0.39 is 0 Å². The molecular weight excluding hydrogens is 192 g/mol. The van der Waals surface area contributed by atoms with Crippen molar-refractivity contribution in [1.82, 2.24) is 4.90 Å². The van der Waals surface area contributed by atoms with Crippen LogP contribution < -0.4 is 5.32 Å². The second-order valence-electron chi connectivity index (χ2n) is 3.44. The van der Waals surface area contributed by atoms with Gasteiger partial charge >= 0.3 is 0 Å². The molecule has 0 spiro atoms. The number of hydrogen-bond acceptors (Lipinski definition) is 3. The van der Waals surface area contributed by atoms with E-state index in [4.69, 9.17) is 4.74 Å². The maximum absolute atomic E-state index is 12.0. The molecule has 4 nitrogen and oxygen atoms in total. The first-order valence-corrected chi connectivity index (χ1v) is 4.94. The van der Waals surface area contributed by atoms with Gasteiger partial charge in [0.05, 0.1) is 18.8 Å². The summed E-state index contributed by atoms with van der Waals surface area (Å²) in [6.07, 6.45) is 0. The summed E-state index contributed by atoms with van der Waals surface area (Å²) < 4.78 is 4.96. The summed E-state index contributed by atoms with van der Waals surface area (Å²) in [5, 5.41) is 3.20. The first-order chi connectivity index (χ1) is 7.33. The number of anilines is 1. The fourth-order valence-corrected chi connectivity index (χ4v) is 1.63. The molecule has 1 aliphatic heterocycles. The van der Waals surface area contributed by atoms with Crippen LogP contribution in [0.4, 0.5) is 5.69 Å². The normalized spacial score (nSPS) is 14.7. The molecule has 0 aromatic heterocycles. The fourth-order valence-electron chi connectivity index (χ4n) is 1.63. The summed E-state index contributed by atoms with van der Waals surface area (Å²) >= 11 is 0. The van der Waals surface area contributed by atoms with Gasteiger partial charge in [-0.15, -0.1) is 0 Å². The topological polar surface area (TPSA) is 41.6 Å². The molecule has 0 fully saturated rings. The number of fused-ring (bicyclic) bond motifs is 1. The molecule has 0 aliphatic carbocycles. The zero-order valence-electron chi connectivity index (χ0n) is 8.69. The fraction of sp³-hybridized carbons (Fsp3) is 0.364. The van der Waals surface area contributed by atoms with Crippen molar-refractivity contribution in [1.29, 1.82) is 0 Å². The zero-order valence-corrected chi connectivity index (χ0v) is 8.69. The van der Waals surface area contributed by atoms with Crippen LogP contribution in [0.2, 0.25) is 0 Å². The Hall–Kier alpha value is -1.55. The largest absolute Gasteiger partial charge is 0.383 e. The van der Waals surface area contributed by atoms with E-state index in [1.54, 1.807) is 12.0 Å². The van der Waals surface area contributed by atoms with Crippen molar-refractivity contribution in [2.45, 2.75) is 0 Å². The summed E-state index contributed by atoms with van der Waals surface area (Å²) in [5.41, 5.74) is 1.65. The number of carbonyl (C=O) groups is 1. The second kappa shape index (κ2) is 4.31. The Morgan fingerprint density at radius 1 is 1.47 bits per heavy atom. The highest BCUT2D eigenvalue weighted by atomic mass is 16.5. The smallest absolute Gasteiger partial charge is 0.257 e. The quantitative estimate of drug-likeness (QED) is 0.806. The number of para-hydroxylation sites is 1. The van der Waals surface area contributed by atoms with Crippen LogP contribution in [0.15, 0.2) is 24.3 Å². The molecule has 0 saturated carbocycles. The number of nitrogens with one attached hydrogen (secondary N) is 1. The molecule has 1 amide bonds. The summed E-state index contributed by atoms with van der Waals surface area (Å²) in [6, 6.07) is 7.55. The lowest BCUT2D eigenvalue weighted by Gasteiger charge is -2.29. The average Bonchev–Trinajstić information content (AvgIpc) is 2.29. The van der Waals surface area contributed by atoms with Gasteiger partial charge < -0.3 is 15.0 Å². The Balaban J connectivity index is 2.15. The highest BCUT2D eigenvalue weighted by Gasteiger charge is 2.22. The molecule has 80 valence electrons. The van der Waals surface area contributed by atoms with Gasteiger partial charge in [-0.2, -0.15) is 0 Å². The van der Waals surface area contributed by atoms with E-state index in [0.717, 1.165) is 11.3 Å². The van der Waals surface area contributed by atoms with Gasteiger partial charge in [0.2, 0.25) is 0 Å². The minimum Gasteiger partial charge on any atom is -0.383 e. The van der Waals surface area contributed by atoms with Crippen LogP contribution >= 0.6 is 0 Å². The highest BCUT2D eigenvalue weighted by molar-refractivity contribution is 6.01. The van der Waals surface area contributed by atoms with Crippen molar-refractivity contribution in [3.05, 3.63) is 29.8 Å². The molecular formula is C11H14N2O2. The maximum Gasteiger partial charge on any atom is 0.257 e. The van der Waals surface area contributed by atoms with Gasteiger partial charge in [0, 0.05) is 19.3 Å². The van der Waals surface area contributed by atoms with E-state index in [1.165, 1.54) is 0 Å². The lowest BCUT2D eigenvalue weighted by molar-refractivity contribution is 0.0700. The van der Waals surface area contributed by atoms with Crippen molar-refractivity contribution < 1.29 is 9.53 Å². The van der Waals surface area contributed by atoms with Crippen LogP contribution in [-0.2, 0) is 4.74 Å². The Labute approximate surface area is 88.8 Å². The monoisotopic (exact) mass is 206 g/mol. The molecule has 2 rings (SSSR count). The third-order valence-electron chi connectivity index (χ3n) is 2.47.